The molecule has 3 atom stereocenters. The standard InChI is InChI=1S/C30H49N5O16/c1-19(36)3-4-22(29(44)45)34-26(40)17-50-15-13-49-12-10-32-25(39)8-6-23(30(46)47)35-27(41)18-51-16-14-48-11-9-31-24(38)7-5-21(28(42)43)33-20(2)37/h21-23H,3-18H2,1-2H3,(H,31,38)(H,32,39)(H,33,37)(H,34,40)(H,35,41)(H,42,43)(H,44,45)(H,46,47)/t21-,22-,23-/m0/s1. The van der Waals surface area contributed by atoms with Crippen LogP contribution in [-0.4, -0.2) is 153 Å². The Morgan fingerprint density at radius 1 is 0.471 bits per heavy atom. The van der Waals surface area contributed by atoms with Crippen LogP contribution in [0.25, 0.3) is 0 Å². The maximum Gasteiger partial charge on any atom is 0.326 e. The van der Waals surface area contributed by atoms with Crippen LogP contribution in [0.3, 0.4) is 0 Å². The molecular weight excluding hydrogens is 686 g/mol. The van der Waals surface area contributed by atoms with Gasteiger partial charge in [-0.15, -0.1) is 0 Å². The summed E-state index contributed by atoms with van der Waals surface area (Å²) in [5.41, 5.74) is 0. The summed E-state index contributed by atoms with van der Waals surface area (Å²) in [6.45, 7) is 2.12. The number of rotatable bonds is 31. The molecule has 0 radical (unpaired) electrons. The van der Waals surface area contributed by atoms with Crippen molar-refractivity contribution in [2.24, 2.45) is 0 Å². The predicted molar refractivity (Wildman–Crippen MR) is 172 cm³/mol. The van der Waals surface area contributed by atoms with Crippen LogP contribution in [0.1, 0.15) is 52.4 Å². The van der Waals surface area contributed by atoms with Crippen molar-refractivity contribution >= 4 is 53.2 Å². The third-order valence-corrected chi connectivity index (χ3v) is 6.39. The fourth-order valence-corrected chi connectivity index (χ4v) is 3.86. The Hall–Kier alpha value is -4.73. The van der Waals surface area contributed by atoms with Gasteiger partial charge >= 0.3 is 17.9 Å². The van der Waals surface area contributed by atoms with Crippen molar-refractivity contribution in [1.29, 1.82) is 0 Å². The summed E-state index contributed by atoms with van der Waals surface area (Å²) in [7, 11) is 0. The van der Waals surface area contributed by atoms with Crippen LogP contribution in [0, 0.1) is 0 Å². The summed E-state index contributed by atoms with van der Waals surface area (Å²) in [5.74, 6) is -6.89. The normalized spacial score (nSPS) is 12.4. The summed E-state index contributed by atoms with van der Waals surface area (Å²) >= 11 is 0. The van der Waals surface area contributed by atoms with Crippen molar-refractivity contribution in [3.8, 4) is 0 Å². The number of carbonyl (C=O) groups is 9. The number of ketones is 1. The first-order valence-electron chi connectivity index (χ1n) is 16.0. The Morgan fingerprint density at radius 3 is 1.18 bits per heavy atom. The van der Waals surface area contributed by atoms with Crippen molar-refractivity contribution in [2.45, 2.75) is 70.5 Å². The number of carboxylic acid groups (broad SMARTS) is 3. The molecule has 0 aromatic carbocycles. The van der Waals surface area contributed by atoms with Gasteiger partial charge in [-0.3, -0.25) is 24.0 Å². The zero-order chi connectivity index (χ0) is 38.6. The lowest BCUT2D eigenvalue weighted by atomic mass is 10.1. The molecule has 0 aromatic rings. The minimum Gasteiger partial charge on any atom is -0.480 e. The Kier molecular flexibility index (Phi) is 25.4. The van der Waals surface area contributed by atoms with E-state index in [4.69, 9.17) is 29.2 Å². The molecule has 0 bridgehead atoms. The molecule has 0 fully saturated rings. The molecule has 0 heterocycles. The zero-order valence-corrected chi connectivity index (χ0v) is 28.7. The molecule has 0 aliphatic carbocycles. The van der Waals surface area contributed by atoms with Gasteiger partial charge < -0.3 is 65.6 Å². The lowest BCUT2D eigenvalue weighted by Crippen LogP contribution is -2.43. The van der Waals surface area contributed by atoms with Crippen LogP contribution >= 0.6 is 0 Å². The van der Waals surface area contributed by atoms with Crippen LogP contribution in [0.5, 0.6) is 0 Å². The first kappa shape index (κ1) is 46.3. The molecule has 5 amide bonds. The van der Waals surface area contributed by atoms with E-state index in [0.29, 0.717) is 0 Å². The number of ether oxygens (including phenoxy) is 4. The third-order valence-electron chi connectivity index (χ3n) is 6.39. The van der Waals surface area contributed by atoms with Crippen LogP contribution < -0.4 is 26.6 Å². The van der Waals surface area contributed by atoms with Gasteiger partial charge in [-0.05, 0) is 26.2 Å². The van der Waals surface area contributed by atoms with Gasteiger partial charge in [0.25, 0.3) is 0 Å². The Bertz CT molecular complexity index is 1170. The third kappa shape index (κ3) is 26.8. The first-order valence-corrected chi connectivity index (χ1v) is 16.0. The highest BCUT2D eigenvalue weighted by molar-refractivity contribution is 5.86. The van der Waals surface area contributed by atoms with Crippen molar-refractivity contribution in [2.75, 3.05) is 65.9 Å². The highest BCUT2D eigenvalue weighted by Gasteiger charge is 2.22. The van der Waals surface area contributed by atoms with E-state index in [1.807, 2.05) is 0 Å². The second-order valence-corrected chi connectivity index (χ2v) is 10.9. The van der Waals surface area contributed by atoms with Crippen LogP contribution in [0.15, 0.2) is 0 Å². The molecule has 0 aromatic heterocycles. The van der Waals surface area contributed by atoms with E-state index >= 15 is 0 Å². The summed E-state index contributed by atoms with van der Waals surface area (Å²) < 4.78 is 20.8. The molecular formula is C30H49N5O16. The van der Waals surface area contributed by atoms with Crippen molar-refractivity contribution in [3.63, 3.8) is 0 Å². The summed E-state index contributed by atoms with van der Waals surface area (Å²) in [4.78, 5) is 104. The maximum atomic E-state index is 12.1. The zero-order valence-electron chi connectivity index (χ0n) is 28.7. The number of hydrogen-bond acceptors (Lipinski definition) is 13. The number of hydrogen-bond donors (Lipinski definition) is 8. The fourth-order valence-electron chi connectivity index (χ4n) is 3.86. The number of carboxylic acids is 3. The molecule has 8 N–H and O–H groups in total. The maximum absolute atomic E-state index is 12.1. The molecule has 21 heteroatoms. The molecule has 0 rings (SSSR count). The molecule has 0 spiro atoms. The van der Waals surface area contributed by atoms with E-state index in [0.717, 1.165) is 0 Å². The molecule has 0 aliphatic heterocycles. The number of nitrogens with one attached hydrogen (secondary N) is 5. The lowest BCUT2D eigenvalue weighted by molar-refractivity contribution is -0.143. The van der Waals surface area contributed by atoms with Gasteiger partial charge in [0.1, 0.15) is 37.1 Å². The monoisotopic (exact) mass is 735 g/mol. The molecule has 51 heavy (non-hydrogen) atoms. The van der Waals surface area contributed by atoms with Gasteiger partial charge in [-0.1, -0.05) is 0 Å². The van der Waals surface area contributed by atoms with E-state index in [1.165, 1.54) is 13.8 Å². The van der Waals surface area contributed by atoms with E-state index in [9.17, 15) is 48.3 Å². The second-order valence-electron chi connectivity index (χ2n) is 10.9. The van der Waals surface area contributed by atoms with E-state index in [-0.39, 0.29) is 97.0 Å². The van der Waals surface area contributed by atoms with Crippen molar-refractivity contribution < 1.29 is 77.4 Å². The lowest BCUT2D eigenvalue weighted by Gasteiger charge is -2.15. The number of Topliss-reactive ketones (excluding diaryl/α,β-unsaturated/α-hetero) is 1. The SMILES string of the molecule is CC(=O)CC[C@H](NC(=O)COCCOCCNC(=O)CC[C@H](NC(=O)COCCOCCNC(=O)CC[C@H](NC(C)=O)C(=O)O)C(=O)O)C(=O)O. The topological polar surface area (TPSA) is 311 Å². The summed E-state index contributed by atoms with van der Waals surface area (Å²) in [6, 6.07) is -3.73. The smallest absolute Gasteiger partial charge is 0.326 e. The van der Waals surface area contributed by atoms with Gasteiger partial charge in [-0.2, -0.15) is 0 Å². The van der Waals surface area contributed by atoms with Gasteiger partial charge in [0.15, 0.2) is 0 Å². The molecule has 290 valence electrons. The van der Waals surface area contributed by atoms with Gasteiger partial charge in [0, 0.05) is 39.3 Å². The molecule has 0 saturated carbocycles. The second kappa shape index (κ2) is 28.0. The summed E-state index contributed by atoms with van der Waals surface area (Å²) in [6.07, 6.45) is -0.636. The van der Waals surface area contributed by atoms with Gasteiger partial charge in [0.2, 0.25) is 29.5 Å². The Morgan fingerprint density at radius 2 is 0.824 bits per heavy atom. The van der Waals surface area contributed by atoms with E-state index in [1.54, 1.807) is 0 Å². The van der Waals surface area contributed by atoms with Crippen molar-refractivity contribution in [1.82, 2.24) is 26.6 Å². The van der Waals surface area contributed by atoms with Crippen molar-refractivity contribution in [3.05, 3.63) is 0 Å². The molecule has 0 unspecified atom stereocenters. The highest BCUT2D eigenvalue weighted by Crippen LogP contribution is 2.01. The molecule has 21 nitrogen and oxygen atoms in total. The Balaban J connectivity index is 3.99. The van der Waals surface area contributed by atoms with Crippen LogP contribution in [0.2, 0.25) is 0 Å². The molecule has 0 aliphatic rings. The van der Waals surface area contributed by atoms with Gasteiger partial charge in [-0.25, -0.2) is 14.4 Å². The predicted octanol–water partition coefficient (Wildman–Crippen LogP) is -3.06. The Labute approximate surface area is 293 Å². The average molecular weight is 736 g/mol. The minimum atomic E-state index is -1.35. The number of amides is 5. The van der Waals surface area contributed by atoms with Gasteiger partial charge in [0.05, 0.1) is 39.6 Å². The fraction of sp³-hybridized carbons (Fsp3) is 0.700. The summed E-state index contributed by atoms with van der Waals surface area (Å²) in [5, 5.41) is 39.3. The van der Waals surface area contributed by atoms with Crippen LogP contribution in [-0.2, 0) is 62.1 Å². The number of aliphatic carboxylic acids is 3. The first-order chi connectivity index (χ1) is 24.1. The average Bonchev–Trinajstić information content (AvgIpc) is 3.04. The van der Waals surface area contributed by atoms with E-state index < -0.39 is 78.8 Å². The number of carbonyl (C=O) groups excluding carboxylic acids is 6. The van der Waals surface area contributed by atoms with Crippen LogP contribution in [0.4, 0.5) is 0 Å². The highest BCUT2D eigenvalue weighted by atomic mass is 16.5. The van der Waals surface area contributed by atoms with E-state index in [2.05, 4.69) is 26.6 Å². The molecule has 0 saturated heterocycles. The minimum absolute atomic E-state index is 0.00583. The quantitative estimate of drug-likeness (QED) is 0.0328. The largest absolute Gasteiger partial charge is 0.480 e.